The van der Waals surface area contributed by atoms with Gasteiger partial charge in [0, 0.05) is 16.0 Å². The fourth-order valence-corrected chi connectivity index (χ4v) is 4.12. The molecule has 0 atom stereocenters. The van der Waals surface area contributed by atoms with Crippen LogP contribution >= 0.6 is 11.3 Å². The number of thiazole rings is 1. The first kappa shape index (κ1) is 8.72. The highest BCUT2D eigenvalue weighted by molar-refractivity contribution is 7.09. The quantitative estimate of drug-likeness (QED) is 0.700. The maximum atomic E-state index is 11.3. The van der Waals surface area contributed by atoms with Gasteiger partial charge >= 0.3 is 4.87 Å². The molecule has 0 aliphatic heterocycles. The van der Waals surface area contributed by atoms with Gasteiger partial charge < -0.3 is 4.98 Å². The molecule has 1 fully saturated rings. The van der Waals surface area contributed by atoms with Crippen molar-refractivity contribution < 1.29 is 0 Å². The number of aromatic nitrogens is 1. The van der Waals surface area contributed by atoms with Gasteiger partial charge in [-0.05, 0) is 25.7 Å². The van der Waals surface area contributed by atoms with Crippen LogP contribution < -0.4 is 4.87 Å². The normalized spacial score (nSPS) is 24.0. The van der Waals surface area contributed by atoms with Crippen molar-refractivity contribution in [3.63, 3.8) is 0 Å². The first-order valence-corrected chi connectivity index (χ1v) is 6.34. The van der Waals surface area contributed by atoms with E-state index in [0.717, 1.165) is 6.42 Å². The largest absolute Gasteiger partial charge is 0.316 e. The van der Waals surface area contributed by atoms with E-state index in [9.17, 15) is 4.79 Å². The van der Waals surface area contributed by atoms with Gasteiger partial charge in [0.1, 0.15) is 0 Å². The van der Waals surface area contributed by atoms with Gasteiger partial charge in [-0.2, -0.15) is 0 Å². The highest BCUT2D eigenvalue weighted by Gasteiger charge is 2.41. The fourth-order valence-electron chi connectivity index (χ4n) is 3.17. The van der Waals surface area contributed by atoms with Crippen LogP contribution in [-0.4, -0.2) is 4.98 Å². The summed E-state index contributed by atoms with van der Waals surface area (Å²) in [5.41, 5.74) is 1.69. The molecule has 1 aromatic heterocycles. The van der Waals surface area contributed by atoms with Crippen LogP contribution in [-0.2, 0) is 11.8 Å². The molecule has 0 radical (unpaired) electrons. The molecule has 2 aliphatic rings. The molecule has 2 nitrogen and oxygen atoms in total. The molecule has 0 saturated heterocycles. The molecule has 0 amide bonds. The Kier molecular flexibility index (Phi) is 1.84. The van der Waals surface area contributed by atoms with Crippen LogP contribution in [0.25, 0.3) is 0 Å². The molecule has 1 N–H and O–H groups in total. The number of hydrogen-bond acceptors (Lipinski definition) is 2. The lowest BCUT2D eigenvalue weighted by atomic mass is 9.72. The second-order valence-corrected chi connectivity index (χ2v) is 5.72. The summed E-state index contributed by atoms with van der Waals surface area (Å²) < 4.78 is 0. The first-order valence-electron chi connectivity index (χ1n) is 5.53. The zero-order chi connectivity index (χ0) is 9.60. The van der Waals surface area contributed by atoms with Gasteiger partial charge in [0.05, 0.1) is 0 Å². The number of rotatable bonds is 0. The molecule has 0 unspecified atom stereocenters. The SMILES string of the molecule is O=c1[nH]c2c(s1)CCC21CCCCC1. The van der Waals surface area contributed by atoms with Crippen molar-refractivity contribution in [3.8, 4) is 0 Å². The van der Waals surface area contributed by atoms with Crippen molar-refractivity contribution in [3.05, 3.63) is 20.2 Å². The summed E-state index contributed by atoms with van der Waals surface area (Å²) in [4.78, 5) is 15.9. The van der Waals surface area contributed by atoms with Crippen LogP contribution in [0.5, 0.6) is 0 Å². The predicted molar refractivity (Wildman–Crippen MR) is 58.0 cm³/mol. The molecule has 1 aromatic rings. The summed E-state index contributed by atoms with van der Waals surface area (Å²) in [6, 6.07) is 0. The van der Waals surface area contributed by atoms with E-state index in [4.69, 9.17) is 0 Å². The molecule has 14 heavy (non-hydrogen) atoms. The summed E-state index contributed by atoms with van der Waals surface area (Å²) in [6.45, 7) is 0. The van der Waals surface area contributed by atoms with Gasteiger partial charge in [-0.15, -0.1) is 0 Å². The third-order valence-electron chi connectivity index (χ3n) is 3.89. The fraction of sp³-hybridized carbons (Fsp3) is 0.727. The number of hydrogen-bond donors (Lipinski definition) is 1. The number of nitrogens with one attached hydrogen (secondary N) is 1. The minimum absolute atomic E-state index is 0.152. The first-order chi connectivity index (χ1) is 6.80. The minimum Gasteiger partial charge on any atom is -0.316 e. The van der Waals surface area contributed by atoms with E-state index >= 15 is 0 Å². The number of fused-ring (bicyclic) bond motifs is 2. The van der Waals surface area contributed by atoms with Crippen LogP contribution in [0, 0.1) is 0 Å². The van der Waals surface area contributed by atoms with Crippen molar-refractivity contribution in [1.29, 1.82) is 0 Å². The van der Waals surface area contributed by atoms with Crippen molar-refractivity contribution in [2.24, 2.45) is 0 Å². The molecule has 3 rings (SSSR count). The maximum Gasteiger partial charge on any atom is 0.304 e. The van der Waals surface area contributed by atoms with Crippen LogP contribution in [0.15, 0.2) is 4.79 Å². The Morgan fingerprint density at radius 3 is 2.71 bits per heavy atom. The Hall–Kier alpha value is -0.570. The van der Waals surface area contributed by atoms with Crippen LogP contribution in [0.3, 0.4) is 0 Å². The standard InChI is InChI=1S/C11H15NOS/c13-10-12-9-8(14-10)4-7-11(9)5-2-1-3-6-11/h1-7H2,(H,12,13). The summed E-state index contributed by atoms with van der Waals surface area (Å²) in [6.07, 6.45) is 9.09. The molecular formula is C11H15NOS. The van der Waals surface area contributed by atoms with Gasteiger partial charge in [0.2, 0.25) is 0 Å². The molecule has 1 heterocycles. The zero-order valence-electron chi connectivity index (χ0n) is 8.27. The Bertz CT molecular complexity index is 398. The maximum absolute atomic E-state index is 11.3. The van der Waals surface area contributed by atoms with Crippen LogP contribution in [0.1, 0.15) is 49.1 Å². The van der Waals surface area contributed by atoms with Gasteiger partial charge in [-0.25, -0.2) is 0 Å². The summed E-state index contributed by atoms with van der Waals surface area (Å²) in [7, 11) is 0. The van der Waals surface area contributed by atoms with Crippen LogP contribution in [0.4, 0.5) is 0 Å². The number of H-pyrrole nitrogens is 1. The second-order valence-electron chi connectivity index (χ2n) is 4.65. The Labute approximate surface area is 87.4 Å². The van der Waals surface area contributed by atoms with E-state index in [1.165, 1.54) is 60.4 Å². The molecule has 0 bridgehead atoms. The Balaban J connectivity index is 2.06. The highest BCUT2D eigenvalue weighted by Crippen LogP contribution is 2.48. The molecule has 1 saturated carbocycles. The average molecular weight is 209 g/mol. The van der Waals surface area contributed by atoms with E-state index in [1.54, 1.807) is 0 Å². The van der Waals surface area contributed by atoms with Crippen molar-refractivity contribution in [1.82, 2.24) is 4.98 Å². The predicted octanol–water partition coefficient (Wildman–Crippen LogP) is 2.58. The van der Waals surface area contributed by atoms with Gasteiger partial charge in [0.15, 0.2) is 0 Å². The number of aromatic amines is 1. The molecule has 3 heteroatoms. The lowest BCUT2D eigenvalue weighted by Gasteiger charge is -2.33. The molecule has 2 aliphatic carbocycles. The Morgan fingerprint density at radius 2 is 1.93 bits per heavy atom. The highest BCUT2D eigenvalue weighted by atomic mass is 32.1. The van der Waals surface area contributed by atoms with Crippen molar-refractivity contribution in [2.75, 3.05) is 0 Å². The Morgan fingerprint density at radius 1 is 1.14 bits per heavy atom. The van der Waals surface area contributed by atoms with Crippen molar-refractivity contribution in [2.45, 2.75) is 50.4 Å². The third kappa shape index (κ3) is 1.11. The van der Waals surface area contributed by atoms with Crippen LogP contribution in [0.2, 0.25) is 0 Å². The van der Waals surface area contributed by atoms with E-state index in [-0.39, 0.29) is 4.87 Å². The monoisotopic (exact) mass is 209 g/mol. The van der Waals surface area contributed by atoms with Gasteiger partial charge in [-0.1, -0.05) is 30.6 Å². The molecule has 76 valence electrons. The minimum atomic E-state index is 0.152. The topological polar surface area (TPSA) is 32.9 Å². The van der Waals surface area contributed by atoms with Gasteiger partial charge in [-0.3, -0.25) is 4.79 Å². The van der Waals surface area contributed by atoms with Gasteiger partial charge in [0.25, 0.3) is 0 Å². The van der Waals surface area contributed by atoms with E-state index < -0.39 is 0 Å². The average Bonchev–Trinajstić information content (AvgIpc) is 2.70. The van der Waals surface area contributed by atoms with Crippen molar-refractivity contribution >= 4 is 11.3 Å². The lowest BCUT2D eigenvalue weighted by Crippen LogP contribution is -2.27. The third-order valence-corrected chi connectivity index (χ3v) is 4.84. The summed E-state index contributed by atoms with van der Waals surface area (Å²) in [5.74, 6) is 0. The molecule has 0 aromatic carbocycles. The zero-order valence-corrected chi connectivity index (χ0v) is 9.08. The smallest absolute Gasteiger partial charge is 0.304 e. The summed E-state index contributed by atoms with van der Waals surface area (Å²) >= 11 is 1.43. The van der Waals surface area contributed by atoms with E-state index in [1.807, 2.05) is 0 Å². The molecular weight excluding hydrogens is 194 g/mol. The molecule has 1 spiro atoms. The summed E-state index contributed by atoms with van der Waals surface area (Å²) in [5, 5.41) is 0. The lowest BCUT2D eigenvalue weighted by molar-refractivity contribution is 0.286. The number of aryl methyl sites for hydroxylation is 1. The van der Waals surface area contributed by atoms with E-state index in [0.29, 0.717) is 5.41 Å². The second kappa shape index (κ2) is 2.96. The van der Waals surface area contributed by atoms with E-state index in [2.05, 4.69) is 4.98 Å².